The van der Waals surface area contributed by atoms with E-state index < -0.39 is 0 Å². The molecule has 2 saturated heterocycles. The lowest BCUT2D eigenvalue weighted by atomic mass is 9.74. The van der Waals surface area contributed by atoms with Crippen LogP contribution in [0.15, 0.2) is 5.51 Å². The molecule has 31 heavy (non-hydrogen) atoms. The summed E-state index contributed by atoms with van der Waals surface area (Å²) in [6.07, 6.45) is 4.93. The SMILES string of the molecule is CCOC(=O)N1CCC(C(=O)N2CC3(CCCC3NC(=O)c3scnc3CC)C2)CC1. The minimum absolute atomic E-state index is 0.00796. The Labute approximate surface area is 187 Å². The monoisotopic (exact) mass is 448 g/mol. The van der Waals surface area contributed by atoms with E-state index in [2.05, 4.69) is 10.3 Å². The molecule has 1 spiro atoms. The van der Waals surface area contributed by atoms with E-state index in [0.29, 0.717) is 37.4 Å². The number of carbonyl (C=O) groups excluding carboxylic acids is 3. The Kier molecular flexibility index (Phi) is 6.50. The molecule has 170 valence electrons. The van der Waals surface area contributed by atoms with E-state index in [1.807, 2.05) is 11.8 Å². The Morgan fingerprint density at radius 2 is 1.94 bits per heavy atom. The number of thiazole rings is 1. The van der Waals surface area contributed by atoms with Crippen molar-refractivity contribution >= 4 is 29.2 Å². The van der Waals surface area contributed by atoms with E-state index in [4.69, 9.17) is 4.74 Å². The van der Waals surface area contributed by atoms with Crippen LogP contribution in [0.4, 0.5) is 4.79 Å². The number of hydrogen-bond acceptors (Lipinski definition) is 6. The second kappa shape index (κ2) is 9.14. The van der Waals surface area contributed by atoms with Gasteiger partial charge in [-0.1, -0.05) is 13.3 Å². The van der Waals surface area contributed by atoms with Gasteiger partial charge in [0.15, 0.2) is 0 Å². The summed E-state index contributed by atoms with van der Waals surface area (Å²) in [7, 11) is 0. The predicted molar refractivity (Wildman–Crippen MR) is 117 cm³/mol. The van der Waals surface area contributed by atoms with Gasteiger partial charge in [0.25, 0.3) is 5.91 Å². The molecule has 0 bridgehead atoms. The van der Waals surface area contributed by atoms with Gasteiger partial charge >= 0.3 is 6.09 Å². The Bertz CT molecular complexity index is 827. The summed E-state index contributed by atoms with van der Waals surface area (Å²) in [5.41, 5.74) is 2.59. The molecule has 1 aliphatic carbocycles. The number of nitrogens with one attached hydrogen (secondary N) is 1. The molecule has 1 saturated carbocycles. The summed E-state index contributed by atoms with van der Waals surface area (Å²) >= 11 is 1.40. The number of carbonyl (C=O) groups is 3. The van der Waals surface area contributed by atoms with Crippen molar-refractivity contribution in [3.8, 4) is 0 Å². The third-order valence-electron chi connectivity index (χ3n) is 7.09. The number of nitrogens with zero attached hydrogens (tertiary/aromatic N) is 3. The second-order valence-corrected chi connectivity index (χ2v) is 9.77. The van der Waals surface area contributed by atoms with Gasteiger partial charge in [0.05, 0.1) is 17.8 Å². The molecule has 8 nitrogen and oxygen atoms in total. The van der Waals surface area contributed by atoms with Gasteiger partial charge in [-0.15, -0.1) is 11.3 Å². The molecule has 3 fully saturated rings. The molecule has 1 N–H and O–H groups in total. The van der Waals surface area contributed by atoms with Crippen LogP contribution in [0.5, 0.6) is 0 Å². The van der Waals surface area contributed by atoms with Crippen LogP contribution >= 0.6 is 11.3 Å². The molecule has 1 aromatic rings. The number of aromatic nitrogens is 1. The molecule has 2 aliphatic heterocycles. The van der Waals surface area contributed by atoms with Crippen LogP contribution in [0.3, 0.4) is 0 Å². The first kappa shape index (κ1) is 22.0. The van der Waals surface area contributed by atoms with Crippen molar-refractivity contribution < 1.29 is 19.1 Å². The smallest absolute Gasteiger partial charge is 0.409 e. The van der Waals surface area contributed by atoms with Crippen LogP contribution in [-0.4, -0.2) is 71.5 Å². The van der Waals surface area contributed by atoms with Gasteiger partial charge in [0.1, 0.15) is 4.88 Å². The van der Waals surface area contributed by atoms with Crippen LogP contribution in [0.2, 0.25) is 0 Å². The largest absolute Gasteiger partial charge is 0.450 e. The van der Waals surface area contributed by atoms with Crippen molar-refractivity contribution in [1.29, 1.82) is 0 Å². The van der Waals surface area contributed by atoms with Gasteiger partial charge in [-0.05, 0) is 39.0 Å². The first-order chi connectivity index (χ1) is 15.0. The fourth-order valence-corrected chi connectivity index (χ4v) is 6.11. The molecule has 3 heterocycles. The van der Waals surface area contributed by atoms with Crippen LogP contribution in [-0.2, 0) is 16.0 Å². The van der Waals surface area contributed by atoms with Crippen LogP contribution < -0.4 is 5.32 Å². The van der Waals surface area contributed by atoms with Gasteiger partial charge < -0.3 is 19.9 Å². The summed E-state index contributed by atoms with van der Waals surface area (Å²) in [5, 5.41) is 3.25. The highest BCUT2D eigenvalue weighted by Gasteiger charge is 2.54. The normalized spacial score (nSPS) is 23.0. The molecule has 0 radical (unpaired) electrons. The van der Waals surface area contributed by atoms with Crippen LogP contribution in [0.25, 0.3) is 0 Å². The van der Waals surface area contributed by atoms with Crippen molar-refractivity contribution in [3.63, 3.8) is 0 Å². The van der Waals surface area contributed by atoms with Crippen molar-refractivity contribution in [2.45, 2.75) is 58.4 Å². The highest BCUT2D eigenvalue weighted by Crippen LogP contribution is 2.46. The lowest BCUT2D eigenvalue weighted by Gasteiger charge is -2.52. The number of aryl methyl sites for hydroxylation is 1. The van der Waals surface area contributed by atoms with Crippen molar-refractivity contribution in [3.05, 3.63) is 16.1 Å². The lowest BCUT2D eigenvalue weighted by Crippen LogP contribution is -2.65. The molecule has 1 aromatic heterocycles. The number of amides is 3. The van der Waals surface area contributed by atoms with Gasteiger partial charge in [-0.2, -0.15) is 0 Å². The summed E-state index contributed by atoms with van der Waals surface area (Å²) in [6.45, 7) is 6.76. The first-order valence-corrected chi connectivity index (χ1v) is 12.3. The highest BCUT2D eigenvalue weighted by atomic mass is 32.1. The van der Waals surface area contributed by atoms with E-state index in [1.165, 1.54) is 11.3 Å². The Morgan fingerprint density at radius 3 is 2.61 bits per heavy atom. The Hall–Kier alpha value is -2.16. The maximum absolute atomic E-state index is 13.0. The minimum atomic E-state index is -0.284. The highest BCUT2D eigenvalue weighted by molar-refractivity contribution is 7.11. The number of likely N-dealkylation sites (tertiary alicyclic amines) is 2. The fourth-order valence-electron chi connectivity index (χ4n) is 5.32. The predicted octanol–water partition coefficient (Wildman–Crippen LogP) is 2.68. The van der Waals surface area contributed by atoms with Gasteiger partial charge in [0.2, 0.25) is 5.91 Å². The quantitative estimate of drug-likeness (QED) is 0.748. The third kappa shape index (κ3) is 4.29. The molecule has 9 heteroatoms. The maximum Gasteiger partial charge on any atom is 0.409 e. The van der Waals surface area contributed by atoms with E-state index in [0.717, 1.165) is 44.5 Å². The number of ether oxygens (including phenoxy) is 1. The zero-order valence-electron chi connectivity index (χ0n) is 18.4. The second-order valence-electron chi connectivity index (χ2n) is 8.92. The number of hydrogen-bond donors (Lipinski definition) is 1. The average molecular weight is 449 g/mol. The van der Waals surface area contributed by atoms with Gasteiger partial charge in [0, 0.05) is 43.6 Å². The molecule has 3 amide bonds. The standard InChI is InChI=1S/C22H32N4O4S/c1-3-16-18(31-14-23-16)19(27)24-17-6-5-9-22(17)12-26(13-22)20(28)15-7-10-25(11-8-15)21(29)30-4-2/h14-15,17H,3-13H2,1-2H3,(H,24,27). The fraction of sp³-hybridized carbons (Fsp3) is 0.727. The van der Waals surface area contributed by atoms with E-state index >= 15 is 0 Å². The maximum atomic E-state index is 13.0. The average Bonchev–Trinajstić information content (AvgIpc) is 3.39. The molecule has 1 unspecified atom stereocenters. The molecular weight excluding hydrogens is 416 g/mol. The number of rotatable bonds is 5. The van der Waals surface area contributed by atoms with Crippen molar-refractivity contribution in [2.75, 3.05) is 32.8 Å². The van der Waals surface area contributed by atoms with Crippen molar-refractivity contribution in [2.24, 2.45) is 11.3 Å². The Morgan fingerprint density at radius 1 is 1.19 bits per heavy atom. The van der Waals surface area contributed by atoms with Crippen LogP contribution in [0, 0.1) is 11.3 Å². The molecule has 3 aliphatic rings. The molecule has 1 atom stereocenters. The topological polar surface area (TPSA) is 91.8 Å². The Balaban J connectivity index is 1.29. The van der Waals surface area contributed by atoms with E-state index in [1.54, 1.807) is 17.3 Å². The first-order valence-electron chi connectivity index (χ1n) is 11.4. The molecule has 0 aromatic carbocycles. The molecule has 4 rings (SSSR count). The number of piperidine rings is 1. The molecular formula is C22H32N4O4S. The summed E-state index contributed by atoms with van der Waals surface area (Å²) in [5.74, 6) is 0.144. The van der Waals surface area contributed by atoms with Crippen LogP contribution in [0.1, 0.15) is 61.3 Å². The minimum Gasteiger partial charge on any atom is -0.450 e. The summed E-state index contributed by atoms with van der Waals surface area (Å²) in [4.78, 5) is 46.3. The van der Waals surface area contributed by atoms with Gasteiger partial charge in [-0.25, -0.2) is 9.78 Å². The van der Waals surface area contributed by atoms with Crippen molar-refractivity contribution in [1.82, 2.24) is 20.1 Å². The van der Waals surface area contributed by atoms with Gasteiger partial charge in [-0.3, -0.25) is 9.59 Å². The summed E-state index contributed by atoms with van der Waals surface area (Å²) in [6, 6.07) is 0.113. The van der Waals surface area contributed by atoms with E-state index in [9.17, 15) is 14.4 Å². The zero-order valence-corrected chi connectivity index (χ0v) is 19.2. The summed E-state index contributed by atoms with van der Waals surface area (Å²) < 4.78 is 5.06. The third-order valence-corrected chi connectivity index (χ3v) is 7.96. The van der Waals surface area contributed by atoms with E-state index in [-0.39, 0.29) is 35.3 Å². The lowest BCUT2D eigenvalue weighted by molar-refractivity contribution is -0.150. The zero-order chi connectivity index (χ0) is 22.0.